The highest BCUT2D eigenvalue weighted by Gasteiger charge is 2.25. The molecule has 2 rings (SSSR count). The molecule has 0 unspecified atom stereocenters. The number of hydrogen-bond acceptors (Lipinski definition) is 4. The number of piperidine rings is 1. The summed E-state index contributed by atoms with van der Waals surface area (Å²) in [5.41, 5.74) is 1.27. The number of carbonyl (C=O) groups is 2. The maximum Gasteiger partial charge on any atom is 0.317 e. The molecule has 6 nitrogen and oxygen atoms in total. The summed E-state index contributed by atoms with van der Waals surface area (Å²) in [6.45, 7) is 6.07. The molecule has 0 aromatic heterocycles. The van der Waals surface area contributed by atoms with Crippen molar-refractivity contribution in [1.82, 2.24) is 9.80 Å². The molecule has 1 saturated heterocycles. The minimum absolute atomic E-state index is 0.0437. The topological polar surface area (TPSA) is 70.1 Å². The van der Waals surface area contributed by atoms with Crippen LogP contribution in [0, 0.1) is 0 Å². The van der Waals surface area contributed by atoms with Crippen LogP contribution in [0.25, 0.3) is 0 Å². The lowest BCUT2D eigenvalue weighted by Gasteiger charge is -2.36. The molecule has 0 radical (unpaired) electrons. The first-order valence-electron chi connectivity index (χ1n) is 9.29. The van der Waals surface area contributed by atoms with Crippen molar-refractivity contribution < 1.29 is 19.4 Å². The number of rotatable bonds is 8. The molecule has 0 spiro atoms. The minimum Gasteiger partial charge on any atom is -0.493 e. The van der Waals surface area contributed by atoms with E-state index < -0.39 is 5.97 Å². The smallest absolute Gasteiger partial charge is 0.317 e. The summed E-state index contributed by atoms with van der Waals surface area (Å²) in [6, 6.07) is 8.24. The Kier molecular flexibility index (Phi) is 7.45. The molecule has 1 aromatic rings. The Bertz CT molecular complexity index is 592. The fourth-order valence-electron chi connectivity index (χ4n) is 3.26. The number of carboxylic acids is 1. The molecule has 0 saturated carbocycles. The summed E-state index contributed by atoms with van der Waals surface area (Å²) in [7, 11) is 1.83. The maximum atomic E-state index is 12.3. The van der Waals surface area contributed by atoms with E-state index in [0.717, 1.165) is 18.6 Å². The van der Waals surface area contributed by atoms with Crippen molar-refractivity contribution in [3.8, 4) is 5.75 Å². The van der Waals surface area contributed by atoms with Crippen LogP contribution in [-0.4, -0.2) is 66.1 Å². The zero-order valence-corrected chi connectivity index (χ0v) is 16.0. The van der Waals surface area contributed by atoms with Crippen molar-refractivity contribution in [2.45, 2.75) is 45.1 Å². The first-order chi connectivity index (χ1) is 12.4. The standard InChI is InChI=1S/C20H30N2O4/c1-15(2)16-4-6-18(7-5-16)26-13-10-19(23)22-11-8-17(9-12-22)21(3)14-20(24)25/h4-7,15,17H,8-14H2,1-3H3,(H,24,25). The molecule has 1 aromatic carbocycles. The van der Waals surface area contributed by atoms with E-state index in [2.05, 4.69) is 26.0 Å². The van der Waals surface area contributed by atoms with Crippen LogP contribution < -0.4 is 4.74 Å². The molecule has 0 aliphatic carbocycles. The van der Waals surface area contributed by atoms with Crippen LogP contribution in [0.15, 0.2) is 24.3 Å². The van der Waals surface area contributed by atoms with Gasteiger partial charge in [-0.15, -0.1) is 0 Å². The van der Waals surface area contributed by atoms with E-state index in [1.165, 1.54) is 5.56 Å². The summed E-state index contributed by atoms with van der Waals surface area (Å²) in [6.07, 6.45) is 1.99. The molecule has 1 amide bonds. The van der Waals surface area contributed by atoms with Gasteiger partial charge in [-0.05, 0) is 43.5 Å². The second-order valence-electron chi connectivity index (χ2n) is 7.24. The molecule has 0 bridgehead atoms. The molecule has 1 fully saturated rings. The lowest BCUT2D eigenvalue weighted by molar-refractivity contribution is -0.139. The third kappa shape index (κ3) is 6.02. The molecule has 0 atom stereocenters. The Morgan fingerprint density at radius 3 is 2.38 bits per heavy atom. The van der Waals surface area contributed by atoms with Gasteiger partial charge in [-0.1, -0.05) is 26.0 Å². The molecule has 144 valence electrons. The van der Waals surface area contributed by atoms with Crippen LogP contribution in [0.2, 0.25) is 0 Å². The van der Waals surface area contributed by atoms with Crippen LogP contribution >= 0.6 is 0 Å². The predicted octanol–water partition coefficient (Wildman–Crippen LogP) is 2.59. The highest BCUT2D eigenvalue weighted by molar-refractivity contribution is 5.76. The van der Waals surface area contributed by atoms with E-state index in [9.17, 15) is 9.59 Å². The third-order valence-corrected chi connectivity index (χ3v) is 4.96. The van der Waals surface area contributed by atoms with E-state index in [1.807, 2.05) is 29.0 Å². The average molecular weight is 362 g/mol. The molecular weight excluding hydrogens is 332 g/mol. The Labute approximate surface area is 155 Å². The van der Waals surface area contributed by atoms with Crippen molar-refractivity contribution in [2.75, 3.05) is 33.3 Å². The molecule has 26 heavy (non-hydrogen) atoms. The monoisotopic (exact) mass is 362 g/mol. The summed E-state index contributed by atoms with van der Waals surface area (Å²) < 4.78 is 5.68. The minimum atomic E-state index is -0.815. The van der Waals surface area contributed by atoms with Crippen molar-refractivity contribution in [3.05, 3.63) is 29.8 Å². The summed E-state index contributed by atoms with van der Waals surface area (Å²) >= 11 is 0. The van der Waals surface area contributed by atoms with Gasteiger partial charge in [0.05, 0.1) is 19.6 Å². The number of ether oxygens (including phenoxy) is 1. The summed E-state index contributed by atoms with van der Waals surface area (Å²) in [5, 5.41) is 8.87. The molecule has 6 heteroatoms. The van der Waals surface area contributed by atoms with E-state index >= 15 is 0 Å². The lowest BCUT2D eigenvalue weighted by atomic mass is 10.0. The molecular formula is C20H30N2O4. The molecule has 1 heterocycles. The van der Waals surface area contributed by atoms with Crippen molar-refractivity contribution in [3.63, 3.8) is 0 Å². The van der Waals surface area contributed by atoms with Gasteiger partial charge in [0.15, 0.2) is 0 Å². The van der Waals surface area contributed by atoms with Gasteiger partial charge in [0.25, 0.3) is 0 Å². The average Bonchev–Trinajstić information content (AvgIpc) is 2.61. The number of nitrogens with zero attached hydrogens (tertiary/aromatic N) is 2. The summed E-state index contributed by atoms with van der Waals surface area (Å²) in [4.78, 5) is 26.8. The van der Waals surface area contributed by atoms with Gasteiger partial charge in [-0.2, -0.15) is 0 Å². The van der Waals surface area contributed by atoms with Crippen molar-refractivity contribution in [1.29, 1.82) is 0 Å². The number of likely N-dealkylation sites (tertiary alicyclic amines) is 1. The number of hydrogen-bond donors (Lipinski definition) is 1. The van der Waals surface area contributed by atoms with Gasteiger partial charge in [0, 0.05) is 19.1 Å². The lowest BCUT2D eigenvalue weighted by Crippen LogP contribution is -2.46. The van der Waals surface area contributed by atoms with Crippen molar-refractivity contribution in [2.24, 2.45) is 0 Å². The second-order valence-corrected chi connectivity index (χ2v) is 7.24. The quantitative estimate of drug-likeness (QED) is 0.770. The SMILES string of the molecule is CC(C)c1ccc(OCCC(=O)N2CCC(N(C)CC(=O)O)CC2)cc1. The van der Waals surface area contributed by atoms with Crippen LogP contribution in [0.4, 0.5) is 0 Å². The second kappa shape index (κ2) is 9.57. The number of carboxylic acid groups (broad SMARTS) is 1. The van der Waals surface area contributed by atoms with Crippen molar-refractivity contribution >= 4 is 11.9 Å². The van der Waals surface area contributed by atoms with Crippen LogP contribution in [0.5, 0.6) is 5.75 Å². The Balaban J connectivity index is 1.70. The first kappa shape index (κ1) is 20.2. The van der Waals surface area contributed by atoms with Gasteiger partial charge in [-0.25, -0.2) is 0 Å². The van der Waals surface area contributed by atoms with Crippen LogP contribution in [-0.2, 0) is 9.59 Å². The Morgan fingerprint density at radius 2 is 1.85 bits per heavy atom. The van der Waals surface area contributed by atoms with E-state index in [4.69, 9.17) is 9.84 Å². The zero-order chi connectivity index (χ0) is 19.1. The highest BCUT2D eigenvalue weighted by Crippen LogP contribution is 2.19. The number of benzene rings is 1. The van der Waals surface area contributed by atoms with E-state index in [1.54, 1.807) is 0 Å². The summed E-state index contributed by atoms with van der Waals surface area (Å²) in [5.74, 6) is 0.562. The largest absolute Gasteiger partial charge is 0.493 e. The number of likely N-dealkylation sites (N-methyl/N-ethyl adjacent to an activating group) is 1. The molecule has 1 aliphatic heterocycles. The van der Waals surface area contributed by atoms with Gasteiger partial charge in [-0.3, -0.25) is 14.5 Å². The fourth-order valence-corrected chi connectivity index (χ4v) is 3.26. The number of aliphatic carboxylic acids is 1. The highest BCUT2D eigenvalue weighted by atomic mass is 16.5. The van der Waals surface area contributed by atoms with E-state index in [0.29, 0.717) is 32.0 Å². The third-order valence-electron chi connectivity index (χ3n) is 4.96. The molecule has 1 N–H and O–H groups in total. The fraction of sp³-hybridized carbons (Fsp3) is 0.600. The Morgan fingerprint density at radius 1 is 1.23 bits per heavy atom. The first-order valence-corrected chi connectivity index (χ1v) is 9.29. The van der Waals surface area contributed by atoms with Crippen LogP contribution in [0.1, 0.15) is 44.6 Å². The van der Waals surface area contributed by atoms with Gasteiger partial charge in [0.2, 0.25) is 5.91 Å². The maximum absolute atomic E-state index is 12.3. The molecule has 1 aliphatic rings. The zero-order valence-electron chi connectivity index (χ0n) is 16.0. The van der Waals surface area contributed by atoms with Gasteiger partial charge < -0.3 is 14.7 Å². The number of amides is 1. The number of carbonyl (C=O) groups excluding carboxylic acids is 1. The normalized spacial score (nSPS) is 15.5. The van der Waals surface area contributed by atoms with Gasteiger partial charge in [0.1, 0.15) is 5.75 Å². The van der Waals surface area contributed by atoms with E-state index in [-0.39, 0.29) is 18.5 Å². The predicted molar refractivity (Wildman–Crippen MR) is 101 cm³/mol. The van der Waals surface area contributed by atoms with Crippen LogP contribution in [0.3, 0.4) is 0 Å². The van der Waals surface area contributed by atoms with Gasteiger partial charge >= 0.3 is 5.97 Å². The Hall–Kier alpha value is -2.08.